The Hall–Kier alpha value is -4.22. The molecule has 0 fully saturated rings. The van der Waals surface area contributed by atoms with Gasteiger partial charge in [0.2, 0.25) is 17.7 Å². The molecule has 6 N–H and O–H groups in total. The first-order valence-electron chi connectivity index (χ1n) is 13.5. The highest BCUT2D eigenvalue weighted by atomic mass is 16.2. The molecule has 1 aliphatic heterocycles. The summed E-state index contributed by atoms with van der Waals surface area (Å²) >= 11 is 0. The number of unbranched alkanes of at least 4 members (excludes halogenated alkanes) is 2. The third kappa shape index (κ3) is 10.9. The molecule has 2 atom stereocenters. The second-order valence-electron chi connectivity index (χ2n) is 10.1. The van der Waals surface area contributed by atoms with Crippen LogP contribution >= 0.6 is 0 Å². The minimum absolute atomic E-state index is 0.173. The zero-order valence-electron chi connectivity index (χ0n) is 23.3. The summed E-state index contributed by atoms with van der Waals surface area (Å²) in [7, 11) is 0. The first-order valence-corrected chi connectivity index (χ1v) is 13.5. The molecule has 40 heavy (non-hydrogen) atoms. The number of nitrogens with two attached hydrogens (primary N) is 1. The number of hydrogen-bond acceptors (Lipinski definition) is 6. The van der Waals surface area contributed by atoms with Crippen LogP contribution < -0.4 is 27.0 Å². The number of nitrogens with zero attached hydrogens (tertiary/aromatic N) is 1. The van der Waals surface area contributed by atoms with Crippen LogP contribution in [0.1, 0.15) is 57.9 Å². The van der Waals surface area contributed by atoms with Gasteiger partial charge >= 0.3 is 6.03 Å². The number of carbonyl (C=O) groups excluding carboxylic acids is 6. The number of aryl methyl sites for hydroxylation is 1. The van der Waals surface area contributed by atoms with E-state index in [1.807, 2.05) is 19.1 Å². The van der Waals surface area contributed by atoms with Crippen LogP contribution in [0.4, 0.5) is 10.5 Å². The Bertz CT molecular complexity index is 1080. The molecule has 0 aliphatic carbocycles. The van der Waals surface area contributed by atoms with Crippen molar-refractivity contribution in [2.45, 2.75) is 71.4 Å². The largest absolute Gasteiger partial charge is 0.352 e. The summed E-state index contributed by atoms with van der Waals surface area (Å²) in [6, 6.07) is 4.77. The highest BCUT2D eigenvalue weighted by molar-refractivity contribution is 6.12. The van der Waals surface area contributed by atoms with Gasteiger partial charge in [0.15, 0.2) is 0 Å². The number of urea groups is 1. The van der Waals surface area contributed by atoms with Crippen molar-refractivity contribution in [1.29, 1.82) is 0 Å². The molecule has 0 saturated carbocycles. The van der Waals surface area contributed by atoms with Crippen LogP contribution in [0.2, 0.25) is 0 Å². The standard InChI is InChI=1S/C28H40N6O6/c1-18(2)25(33-22(35)9-5-4-6-17-34-23(36)14-15-24(34)37)27(39)32-21(8-7-16-30-28(29)40)26(38)31-20-12-10-19(3)11-13-20/h10-15,18,21,25H,4-9,16-17H2,1-3H3,(H,31,38)(H,32,39)(H,33,35)(H3,29,30,40)/t21-,25?/m0/s1. The Morgan fingerprint density at radius 1 is 0.875 bits per heavy atom. The van der Waals surface area contributed by atoms with Crippen molar-refractivity contribution >= 4 is 41.3 Å². The molecule has 1 aromatic rings. The Morgan fingerprint density at radius 2 is 1.52 bits per heavy atom. The molecule has 0 aromatic heterocycles. The smallest absolute Gasteiger partial charge is 0.312 e. The third-order valence-electron chi connectivity index (χ3n) is 6.37. The lowest BCUT2D eigenvalue weighted by Gasteiger charge is -2.25. The van der Waals surface area contributed by atoms with E-state index < -0.39 is 29.9 Å². The number of carbonyl (C=O) groups is 6. The number of nitrogens with one attached hydrogen (secondary N) is 4. The van der Waals surface area contributed by atoms with Gasteiger partial charge in [-0.05, 0) is 50.7 Å². The van der Waals surface area contributed by atoms with Crippen molar-refractivity contribution in [3.63, 3.8) is 0 Å². The molecular formula is C28H40N6O6. The van der Waals surface area contributed by atoms with E-state index in [0.717, 1.165) is 10.5 Å². The Balaban J connectivity index is 1.90. The summed E-state index contributed by atoms with van der Waals surface area (Å²) in [5, 5.41) is 10.8. The van der Waals surface area contributed by atoms with Crippen molar-refractivity contribution in [2.24, 2.45) is 11.7 Å². The summed E-state index contributed by atoms with van der Waals surface area (Å²) in [4.78, 5) is 74.2. The summed E-state index contributed by atoms with van der Waals surface area (Å²) in [6.07, 6.45) is 5.00. The van der Waals surface area contributed by atoms with E-state index in [1.165, 1.54) is 12.2 Å². The normalized spacial score (nSPS) is 14.2. The fourth-order valence-corrected chi connectivity index (χ4v) is 4.08. The molecule has 0 bridgehead atoms. The van der Waals surface area contributed by atoms with Gasteiger partial charge in [-0.3, -0.25) is 28.9 Å². The van der Waals surface area contributed by atoms with Crippen LogP contribution in [0.5, 0.6) is 0 Å². The van der Waals surface area contributed by atoms with Crippen LogP contribution in [-0.2, 0) is 24.0 Å². The number of imide groups is 1. The van der Waals surface area contributed by atoms with E-state index in [0.29, 0.717) is 37.9 Å². The lowest BCUT2D eigenvalue weighted by molar-refractivity contribution is -0.137. The van der Waals surface area contributed by atoms with Gasteiger partial charge in [-0.2, -0.15) is 0 Å². The number of primary amides is 1. The van der Waals surface area contributed by atoms with Crippen molar-refractivity contribution in [2.75, 3.05) is 18.4 Å². The van der Waals surface area contributed by atoms with Crippen LogP contribution in [0.15, 0.2) is 36.4 Å². The second-order valence-corrected chi connectivity index (χ2v) is 10.1. The molecule has 1 unspecified atom stereocenters. The highest BCUT2D eigenvalue weighted by Crippen LogP contribution is 2.12. The summed E-state index contributed by atoms with van der Waals surface area (Å²) in [5.74, 6) is -2.13. The van der Waals surface area contributed by atoms with E-state index in [1.54, 1.807) is 26.0 Å². The lowest BCUT2D eigenvalue weighted by Crippen LogP contribution is -2.54. The van der Waals surface area contributed by atoms with Crippen molar-refractivity contribution < 1.29 is 28.8 Å². The number of benzene rings is 1. The maximum atomic E-state index is 13.2. The van der Waals surface area contributed by atoms with E-state index in [4.69, 9.17) is 5.73 Å². The number of anilines is 1. The number of hydrogen-bond donors (Lipinski definition) is 5. The van der Waals surface area contributed by atoms with E-state index >= 15 is 0 Å². The van der Waals surface area contributed by atoms with Gasteiger partial charge in [0.25, 0.3) is 11.8 Å². The van der Waals surface area contributed by atoms with Gasteiger partial charge in [0.05, 0.1) is 0 Å². The van der Waals surface area contributed by atoms with Gasteiger partial charge in [0.1, 0.15) is 12.1 Å². The van der Waals surface area contributed by atoms with Crippen LogP contribution in [0.3, 0.4) is 0 Å². The van der Waals surface area contributed by atoms with Crippen molar-refractivity contribution in [1.82, 2.24) is 20.9 Å². The maximum Gasteiger partial charge on any atom is 0.312 e. The van der Waals surface area contributed by atoms with Gasteiger partial charge in [-0.25, -0.2) is 4.79 Å². The average molecular weight is 557 g/mol. The van der Waals surface area contributed by atoms with Gasteiger partial charge in [-0.15, -0.1) is 0 Å². The second kappa shape index (κ2) is 16.0. The summed E-state index contributed by atoms with van der Waals surface area (Å²) < 4.78 is 0. The van der Waals surface area contributed by atoms with Crippen molar-refractivity contribution in [3.8, 4) is 0 Å². The zero-order valence-corrected chi connectivity index (χ0v) is 23.3. The molecule has 12 heteroatoms. The molecule has 1 aromatic carbocycles. The van der Waals surface area contributed by atoms with Gasteiger partial charge < -0.3 is 27.0 Å². The molecular weight excluding hydrogens is 516 g/mol. The highest BCUT2D eigenvalue weighted by Gasteiger charge is 2.29. The molecule has 0 spiro atoms. The van der Waals surface area contributed by atoms with E-state index in [9.17, 15) is 28.8 Å². The Morgan fingerprint density at radius 3 is 2.12 bits per heavy atom. The van der Waals surface area contributed by atoms with Crippen LogP contribution in [0.25, 0.3) is 0 Å². The average Bonchev–Trinajstić information content (AvgIpc) is 3.21. The number of rotatable bonds is 16. The first kappa shape index (κ1) is 32.0. The fraction of sp³-hybridized carbons (Fsp3) is 0.500. The predicted molar refractivity (Wildman–Crippen MR) is 150 cm³/mol. The molecule has 0 radical (unpaired) electrons. The van der Waals surface area contributed by atoms with Crippen molar-refractivity contribution in [3.05, 3.63) is 42.0 Å². The number of amides is 7. The molecule has 0 saturated heterocycles. The SMILES string of the molecule is Cc1ccc(NC(=O)[C@H](CCCNC(N)=O)NC(=O)C(NC(=O)CCCCCN2C(=O)C=CC2=O)C(C)C)cc1. The minimum atomic E-state index is -0.910. The molecule has 1 aliphatic rings. The molecule has 12 nitrogen and oxygen atoms in total. The predicted octanol–water partition coefficient (Wildman–Crippen LogP) is 1.49. The van der Waals surface area contributed by atoms with E-state index in [2.05, 4.69) is 21.3 Å². The van der Waals surface area contributed by atoms with Gasteiger partial charge in [0, 0.05) is 37.3 Å². The first-order chi connectivity index (χ1) is 19.0. The maximum absolute atomic E-state index is 13.2. The zero-order chi connectivity index (χ0) is 29.7. The van der Waals surface area contributed by atoms with E-state index in [-0.39, 0.29) is 43.0 Å². The molecule has 218 valence electrons. The monoisotopic (exact) mass is 556 g/mol. The molecule has 1 heterocycles. The van der Waals surface area contributed by atoms with Crippen LogP contribution in [-0.4, -0.2) is 65.6 Å². The Kier molecular flexibility index (Phi) is 12.8. The quantitative estimate of drug-likeness (QED) is 0.152. The minimum Gasteiger partial charge on any atom is -0.352 e. The molecule has 2 rings (SSSR count). The Labute approximate surface area is 234 Å². The third-order valence-corrected chi connectivity index (χ3v) is 6.37. The summed E-state index contributed by atoms with van der Waals surface area (Å²) in [6.45, 7) is 6.05. The van der Waals surface area contributed by atoms with Gasteiger partial charge in [-0.1, -0.05) is 38.0 Å². The summed E-state index contributed by atoms with van der Waals surface area (Å²) in [5.41, 5.74) is 6.71. The lowest BCUT2D eigenvalue weighted by atomic mass is 10.0. The fourth-order valence-electron chi connectivity index (χ4n) is 4.08. The topological polar surface area (TPSA) is 180 Å². The van der Waals surface area contributed by atoms with Crippen LogP contribution in [0, 0.1) is 12.8 Å². The molecule has 7 amide bonds.